The minimum atomic E-state index is -0.0448. The number of nitrogens with one attached hydrogen (secondary N) is 1. The predicted octanol–water partition coefficient (Wildman–Crippen LogP) is 3.30. The molecule has 1 aliphatic heterocycles. The average molecular weight is 351 g/mol. The van der Waals surface area contributed by atoms with Gasteiger partial charge >= 0.3 is 0 Å². The topological polar surface area (TPSA) is 58.4 Å². The third-order valence-electron chi connectivity index (χ3n) is 5.48. The number of carbonyl (C=O) groups is 1. The van der Waals surface area contributed by atoms with Crippen molar-refractivity contribution in [1.82, 2.24) is 10.3 Å². The normalized spacial score (nSPS) is 15.9. The number of hydrazine groups is 1. The zero-order valence-corrected chi connectivity index (χ0v) is 15.3. The molecule has 0 saturated carbocycles. The fourth-order valence-electron chi connectivity index (χ4n) is 3.94. The minimum absolute atomic E-state index is 0.0448. The van der Waals surface area contributed by atoms with Gasteiger partial charge in [0.05, 0.1) is 0 Å². The fraction of sp³-hybridized carbons (Fsp3) is 0.409. The highest BCUT2D eigenvalue weighted by Crippen LogP contribution is 2.29. The zero-order chi connectivity index (χ0) is 18.2. The maximum Gasteiger partial charge on any atom is 0.234 e. The van der Waals surface area contributed by atoms with E-state index in [1.54, 1.807) is 0 Å². The minimum Gasteiger partial charge on any atom is -0.303 e. The maximum absolute atomic E-state index is 11.4. The molecule has 0 atom stereocenters. The van der Waals surface area contributed by atoms with Crippen LogP contribution in [0.1, 0.15) is 42.7 Å². The molecule has 0 aliphatic carbocycles. The van der Waals surface area contributed by atoms with Crippen LogP contribution in [-0.2, 0) is 4.79 Å². The van der Waals surface area contributed by atoms with Crippen molar-refractivity contribution in [3.05, 3.63) is 71.8 Å². The van der Waals surface area contributed by atoms with Crippen molar-refractivity contribution in [3.63, 3.8) is 0 Å². The van der Waals surface area contributed by atoms with Gasteiger partial charge in [-0.3, -0.25) is 10.2 Å². The highest BCUT2D eigenvalue weighted by Gasteiger charge is 2.22. The highest BCUT2D eigenvalue weighted by molar-refractivity contribution is 5.75. The monoisotopic (exact) mass is 351 g/mol. The van der Waals surface area contributed by atoms with Crippen LogP contribution in [0.3, 0.4) is 0 Å². The molecule has 0 aromatic heterocycles. The number of piperidine rings is 1. The molecule has 2 aromatic carbocycles. The molecule has 1 aliphatic rings. The second kappa shape index (κ2) is 9.51. The Labute approximate surface area is 156 Å². The molecule has 0 radical (unpaired) electrons. The van der Waals surface area contributed by atoms with Crippen LogP contribution in [0.2, 0.25) is 0 Å². The number of likely N-dealkylation sites (tertiary alicyclic amines) is 1. The largest absolute Gasteiger partial charge is 0.303 e. The second-order valence-electron chi connectivity index (χ2n) is 7.22. The number of rotatable bonds is 7. The van der Waals surface area contributed by atoms with E-state index >= 15 is 0 Å². The van der Waals surface area contributed by atoms with Gasteiger partial charge in [-0.15, -0.1) is 0 Å². The van der Waals surface area contributed by atoms with Gasteiger partial charge in [-0.1, -0.05) is 60.7 Å². The molecule has 3 N–H and O–H groups in total. The van der Waals surface area contributed by atoms with Crippen molar-refractivity contribution in [2.24, 2.45) is 11.8 Å². The molecular weight excluding hydrogens is 322 g/mol. The standard InChI is InChI=1S/C22H29N3O/c23-24-22(26)17-18-11-14-25(15-12-18)16-13-21(19-7-3-1-4-8-19)20-9-5-2-6-10-20/h1-10,18,21H,11-17,23H2,(H,24,26). The van der Waals surface area contributed by atoms with Gasteiger partial charge in [-0.05, 0) is 55.9 Å². The van der Waals surface area contributed by atoms with E-state index in [0.29, 0.717) is 18.3 Å². The van der Waals surface area contributed by atoms with E-state index < -0.39 is 0 Å². The van der Waals surface area contributed by atoms with Crippen molar-refractivity contribution in [3.8, 4) is 0 Å². The van der Waals surface area contributed by atoms with Gasteiger partial charge in [0.1, 0.15) is 0 Å². The lowest BCUT2D eigenvalue weighted by Crippen LogP contribution is -2.38. The predicted molar refractivity (Wildman–Crippen MR) is 105 cm³/mol. The SMILES string of the molecule is NNC(=O)CC1CCN(CCC(c2ccccc2)c2ccccc2)CC1. The number of carbonyl (C=O) groups excluding carboxylic acids is 1. The smallest absolute Gasteiger partial charge is 0.234 e. The van der Waals surface area contributed by atoms with Gasteiger partial charge in [-0.2, -0.15) is 0 Å². The van der Waals surface area contributed by atoms with Crippen LogP contribution in [0.4, 0.5) is 0 Å². The van der Waals surface area contributed by atoms with E-state index in [1.807, 2.05) is 0 Å². The van der Waals surface area contributed by atoms with Gasteiger partial charge < -0.3 is 4.90 Å². The van der Waals surface area contributed by atoms with Crippen molar-refractivity contribution >= 4 is 5.91 Å². The Morgan fingerprint density at radius 2 is 1.54 bits per heavy atom. The lowest BCUT2D eigenvalue weighted by molar-refractivity contribution is -0.122. The molecule has 138 valence electrons. The van der Waals surface area contributed by atoms with E-state index in [-0.39, 0.29) is 5.91 Å². The van der Waals surface area contributed by atoms with Crippen molar-refractivity contribution in [2.45, 2.75) is 31.6 Å². The van der Waals surface area contributed by atoms with Gasteiger partial charge in [0.25, 0.3) is 0 Å². The molecule has 0 spiro atoms. The second-order valence-corrected chi connectivity index (χ2v) is 7.22. The molecule has 1 amide bonds. The summed E-state index contributed by atoms with van der Waals surface area (Å²) >= 11 is 0. The molecule has 0 bridgehead atoms. The van der Waals surface area contributed by atoms with E-state index in [4.69, 9.17) is 5.84 Å². The van der Waals surface area contributed by atoms with Crippen molar-refractivity contribution in [2.75, 3.05) is 19.6 Å². The Morgan fingerprint density at radius 1 is 1.00 bits per heavy atom. The summed E-state index contributed by atoms with van der Waals surface area (Å²) in [5.41, 5.74) is 5.01. The van der Waals surface area contributed by atoms with Gasteiger partial charge in [0.2, 0.25) is 5.91 Å². The summed E-state index contributed by atoms with van der Waals surface area (Å²) in [6.07, 6.45) is 3.83. The molecular formula is C22H29N3O. The molecule has 26 heavy (non-hydrogen) atoms. The number of amides is 1. The molecule has 2 aromatic rings. The first-order valence-corrected chi connectivity index (χ1v) is 9.58. The summed E-state index contributed by atoms with van der Waals surface area (Å²) in [4.78, 5) is 14.0. The average Bonchev–Trinajstić information content (AvgIpc) is 2.71. The molecule has 1 heterocycles. The third kappa shape index (κ3) is 5.16. The Kier molecular flexibility index (Phi) is 6.81. The Bertz CT molecular complexity index is 627. The molecule has 4 heteroatoms. The van der Waals surface area contributed by atoms with Gasteiger partial charge in [-0.25, -0.2) is 5.84 Å². The van der Waals surface area contributed by atoms with Gasteiger partial charge in [0.15, 0.2) is 0 Å². The first-order valence-electron chi connectivity index (χ1n) is 9.58. The first-order chi connectivity index (χ1) is 12.8. The summed E-state index contributed by atoms with van der Waals surface area (Å²) in [5.74, 6) is 6.05. The number of hydrogen-bond acceptors (Lipinski definition) is 3. The first kappa shape index (κ1) is 18.6. The molecule has 3 rings (SSSR count). The summed E-state index contributed by atoms with van der Waals surface area (Å²) in [6.45, 7) is 3.22. The highest BCUT2D eigenvalue weighted by atomic mass is 16.2. The fourth-order valence-corrected chi connectivity index (χ4v) is 3.94. The van der Waals surface area contributed by atoms with Crippen LogP contribution in [-0.4, -0.2) is 30.4 Å². The Morgan fingerprint density at radius 3 is 2.04 bits per heavy atom. The lowest BCUT2D eigenvalue weighted by atomic mass is 9.87. The molecule has 4 nitrogen and oxygen atoms in total. The van der Waals surface area contributed by atoms with Crippen LogP contribution in [0, 0.1) is 5.92 Å². The molecule has 1 saturated heterocycles. The molecule has 0 unspecified atom stereocenters. The van der Waals surface area contributed by atoms with E-state index in [1.165, 1.54) is 11.1 Å². The van der Waals surface area contributed by atoms with E-state index in [9.17, 15) is 4.79 Å². The summed E-state index contributed by atoms with van der Waals surface area (Å²) in [6, 6.07) is 21.6. The molecule has 1 fully saturated rings. The summed E-state index contributed by atoms with van der Waals surface area (Å²) in [5, 5.41) is 0. The summed E-state index contributed by atoms with van der Waals surface area (Å²) < 4.78 is 0. The van der Waals surface area contributed by atoms with Gasteiger partial charge in [0, 0.05) is 12.3 Å². The number of benzene rings is 2. The van der Waals surface area contributed by atoms with Crippen molar-refractivity contribution < 1.29 is 4.79 Å². The maximum atomic E-state index is 11.4. The van der Waals surface area contributed by atoms with Crippen LogP contribution < -0.4 is 11.3 Å². The van der Waals surface area contributed by atoms with Crippen LogP contribution in [0.5, 0.6) is 0 Å². The lowest BCUT2D eigenvalue weighted by Gasteiger charge is -2.32. The van der Waals surface area contributed by atoms with E-state index in [0.717, 1.165) is 38.9 Å². The van der Waals surface area contributed by atoms with Crippen LogP contribution in [0.25, 0.3) is 0 Å². The van der Waals surface area contributed by atoms with Crippen LogP contribution in [0.15, 0.2) is 60.7 Å². The Hall–Kier alpha value is -2.17. The zero-order valence-electron chi connectivity index (χ0n) is 15.3. The summed E-state index contributed by atoms with van der Waals surface area (Å²) in [7, 11) is 0. The Balaban J connectivity index is 1.57. The van der Waals surface area contributed by atoms with E-state index in [2.05, 4.69) is 71.0 Å². The number of nitrogens with zero attached hydrogens (tertiary/aromatic N) is 1. The van der Waals surface area contributed by atoms with Crippen LogP contribution >= 0.6 is 0 Å². The number of hydrogen-bond donors (Lipinski definition) is 2. The third-order valence-corrected chi connectivity index (χ3v) is 5.48. The van der Waals surface area contributed by atoms with Crippen molar-refractivity contribution in [1.29, 1.82) is 0 Å². The number of nitrogens with two attached hydrogens (primary N) is 1. The quantitative estimate of drug-likeness (QED) is 0.457.